The first-order valence-electron chi connectivity index (χ1n) is 10.8. The van der Waals surface area contributed by atoms with E-state index in [1.165, 1.54) is 30.3 Å². The van der Waals surface area contributed by atoms with E-state index < -0.39 is 29.5 Å². The highest BCUT2D eigenvalue weighted by Crippen LogP contribution is 2.34. The van der Waals surface area contributed by atoms with Gasteiger partial charge in [0.05, 0.1) is 16.6 Å². The summed E-state index contributed by atoms with van der Waals surface area (Å²) in [6, 6.07) is 8.67. The highest BCUT2D eigenvalue weighted by molar-refractivity contribution is 5.92. The summed E-state index contributed by atoms with van der Waals surface area (Å²) in [5.74, 6) is 0.351. The van der Waals surface area contributed by atoms with Gasteiger partial charge in [0.15, 0.2) is 17.3 Å². The number of aromatic nitrogens is 4. The van der Waals surface area contributed by atoms with Gasteiger partial charge in [-0.15, -0.1) is 0 Å². The number of para-hydroxylation sites is 1. The van der Waals surface area contributed by atoms with Crippen molar-refractivity contribution in [2.24, 2.45) is 0 Å². The van der Waals surface area contributed by atoms with Gasteiger partial charge in [0.1, 0.15) is 12.4 Å². The van der Waals surface area contributed by atoms with Gasteiger partial charge in [-0.3, -0.25) is 18.7 Å². The topological polar surface area (TPSA) is 130 Å². The number of halogens is 1. The van der Waals surface area contributed by atoms with Crippen molar-refractivity contribution >= 4 is 22.5 Å². The van der Waals surface area contributed by atoms with Crippen molar-refractivity contribution in [2.75, 3.05) is 12.1 Å². The smallest absolute Gasteiger partial charge is 0.331 e. The first-order valence-corrected chi connectivity index (χ1v) is 10.8. The van der Waals surface area contributed by atoms with Gasteiger partial charge in [0.25, 0.3) is 5.56 Å². The summed E-state index contributed by atoms with van der Waals surface area (Å²) in [6.07, 6.45) is 0.730. The Bertz CT molecular complexity index is 1560. The molecule has 2 aromatic carbocycles. The van der Waals surface area contributed by atoms with Crippen molar-refractivity contribution in [1.29, 1.82) is 0 Å². The Morgan fingerprint density at radius 2 is 1.91 bits per heavy atom. The average molecular weight is 481 g/mol. The molecule has 12 heteroatoms. The summed E-state index contributed by atoms with van der Waals surface area (Å²) in [6.45, 7) is 1.27. The zero-order chi connectivity index (χ0) is 24.5. The Labute approximate surface area is 196 Å². The second-order valence-corrected chi connectivity index (χ2v) is 7.92. The Morgan fingerprint density at radius 1 is 1.14 bits per heavy atom. The van der Waals surface area contributed by atoms with E-state index in [-0.39, 0.29) is 29.9 Å². The van der Waals surface area contributed by atoms with Crippen molar-refractivity contribution in [3.63, 3.8) is 0 Å². The van der Waals surface area contributed by atoms with E-state index in [0.29, 0.717) is 36.1 Å². The molecule has 0 saturated heterocycles. The van der Waals surface area contributed by atoms with Gasteiger partial charge >= 0.3 is 5.69 Å². The predicted molar refractivity (Wildman–Crippen MR) is 121 cm³/mol. The van der Waals surface area contributed by atoms with Crippen molar-refractivity contribution in [1.82, 2.24) is 19.3 Å². The number of nitrogens with zero attached hydrogens (tertiary/aromatic N) is 4. The molecule has 0 spiro atoms. The van der Waals surface area contributed by atoms with Crippen LogP contribution in [0.2, 0.25) is 0 Å². The third-order valence-electron chi connectivity index (χ3n) is 5.51. The molecule has 1 amide bonds. The van der Waals surface area contributed by atoms with Crippen LogP contribution < -0.4 is 26.0 Å². The quantitative estimate of drug-likeness (QED) is 0.424. The fourth-order valence-corrected chi connectivity index (χ4v) is 3.88. The van der Waals surface area contributed by atoms with E-state index in [9.17, 15) is 18.8 Å². The fraction of sp³-hybridized carbons (Fsp3) is 0.261. The third kappa shape index (κ3) is 4.37. The normalized spacial score (nSPS) is 12.3. The zero-order valence-corrected chi connectivity index (χ0v) is 18.6. The highest BCUT2D eigenvalue weighted by atomic mass is 19.1. The maximum atomic E-state index is 14.0. The molecule has 0 radical (unpaired) electrons. The Morgan fingerprint density at radius 3 is 2.66 bits per heavy atom. The van der Waals surface area contributed by atoms with Crippen molar-refractivity contribution in [2.45, 2.75) is 32.9 Å². The highest BCUT2D eigenvalue weighted by Gasteiger charge is 2.22. The molecule has 35 heavy (non-hydrogen) atoms. The molecule has 5 rings (SSSR count). The van der Waals surface area contributed by atoms with Crippen molar-refractivity contribution < 1.29 is 23.2 Å². The lowest BCUT2D eigenvalue weighted by Crippen LogP contribution is -2.42. The standard InChI is InChI=1S/C23H20FN5O6/c1-13-25-21(35-27-13)7-4-8-28-22(31)14-9-18-19(34-12-33-18)10-17(14)29(23(28)32)11-20(30)26-16-6-3-2-5-15(16)24/h2-3,5-6,9-10H,4,7-8,11-12H2,1H3,(H,26,30). The molecule has 0 aliphatic carbocycles. The second kappa shape index (κ2) is 9.05. The number of hydrogen-bond donors (Lipinski definition) is 1. The van der Waals surface area contributed by atoms with E-state index in [1.54, 1.807) is 13.0 Å². The van der Waals surface area contributed by atoms with Gasteiger partial charge in [-0.1, -0.05) is 17.3 Å². The van der Waals surface area contributed by atoms with Gasteiger partial charge in [0.2, 0.25) is 18.6 Å². The van der Waals surface area contributed by atoms with Gasteiger partial charge in [-0.05, 0) is 31.5 Å². The van der Waals surface area contributed by atoms with E-state index in [2.05, 4.69) is 15.5 Å². The van der Waals surface area contributed by atoms with Crippen LogP contribution in [0.4, 0.5) is 10.1 Å². The van der Waals surface area contributed by atoms with Crippen LogP contribution in [0.3, 0.4) is 0 Å². The molecule has 1 aliphatic rings. The molecule has 0 fully saturated rings. The SMILES string of the molecule is Cc1noc(CCCn2c(=O)c3cc4c(cc3n(CC(=O)Nc3ccccc3F)c2=O)OCO4)n1. The van der Waals surface area contributed by atoms with E-state index in [0.717, 1.165) is 9.13 Å². The number of aryl methyl sites for hydroxylation is 2. The number of carbonyl (C=O) groups is 1. The first-order chi connectivity index (χ1) is 16.9. The molecule has 0 bridgehead atoms. The average Bonchev–Trinajstić information content (AvgIpc) is 3.47. The lowest BCUT2D eigenvalue weighted by atomic mass is 10.2. The number of rotatable bonds is 7. The minimum Gasteiger partial charge on any atom is -0.454 e. The second-order valence-electron chi connectivity index (χ2n) is 7.92. The van der Waals surface area contributed by atoms with Crippen LogP contribution in [-0.4, -0.2) is 32.0 Å². The largest absolute Gasteiger partial charge is 0.454 e. The molecular weight excluding hydrogens is 461 g/mol. The number of hydrogen-bond acceptors (Lipinski definition) is 8. The molecule has 180 valence electrons. The fourth-order valence-electron chi connectivity index (χ4n) is 3.88. The van der Waals surface area contributed by atoms with Crippen molar-refractivity contribution in [3.05, 3.63) is 74.8 Å². The number of carbonyl (C=O) groups excluding carboxylic acids is 1. The summed E-state index contributed by atoms with van der Waals surface area (Å²) in [5.41, 5.74) is -1.03. The zero-order valence-electron chi connectivity index (χ0n) is 18.6. The van der Waals surface area contributed by atoms with Gasteiger partial charge < -0.3 is 19.3 Å². The van der Waals surface area contributed by atoms with Gasteiger partial charge in [0, 0.05) is 19.0 Å². The summed E-state index contributed by atoms with van der Waals surface area (Å²) >= 11 is 0. The van der Waals surface area contributed by atoms with Crippen LogP contribution in [-0.2, 0) is 24.3 Å². The van der Waals surface area contributed by atoms with Crippen LogP contribution in [0, 0.1) is 12.7 Å². The molecule has 11 nitrogen and oxygen atoms in total. The van der Waals surface area contributed by atoms with E-state index >= 15 is 0 Å². The maximum Gasteiger partial charge on any atom is 0.331 e. The maximum absolute atomic E-state index is 14.0. The first kappa shape index (κ1) is 22.3. The van der Waals surface area contributed by atoms with Crippen LogP contribution in [0.5, 0.6) is 11.5 Å². The summed E-state index contributed by atoms with van der Waals surface area (Å²) < 4.78 is 32.0. The van der Waals surface area contributed by atoms with Crippen LogP contribution >= 0.6 is 0 Å². The molecule has 2 aromatic heterocycles. The number of anilines is 1. The van der Waals surface area contributed by atoms with E-state index in [4.69, 9.17) is 14.0 Å². The number of ether oxygens (including phenoxy) is 2. The summed E-state index contributed by atoms with van der Waals surface area (Å²) in [4.78, 5) is 43.4. The summed E-state index contributed by atoms with van der Waals surface area (Å²) in [5, 5.41) is 6.36. The number of nitrogens with one attached hydrogen (secondary N) is 1. The minimum absolute atomic E-state index is 0.0179. The number of benzene rings is 2. The molecule has 0 unspecified atom stereocenters. The monoisotopic (exact) mass is 481 g/mol. The summed E-state index contributed by atoms with van der Waals surface area (Å²) in [7, 11) is 0. The Hall–Kier alpha value is -4.48. The third-order valence-corrected chi connectivity index (χ3v) is 5.51. The van der Waals surface area contributed by atoms with Crippen LogP contribution in [0.25, 0.3) is 10.9 Å². The lowest BCUT2D eigenvalue weighted by Gasteiger charge is -2.15. The molecule has 1 N–H and O–H groups in total. The molecular formula is C23H20FN5O6. The van der Waals surface area contributed by atoms with Crippen LogP contribution in [0.1, 0.15) is 18.1 Å². The molecule has 4 aromatic rings. The number of amides is 1. The minimum atomic E-state index is -0.688. The predicted octanol–water partition coefficient (Wildman–Crippen LogP) is 1.99. The molecule has 3 heterocycles. The van der Waals surface area contributed by atoms with Crippen LogP contribution in [0.15, 0.2) is 50.5 Å². The van der Waals surface area contributed by atoms with Gasteiger partial charge in [-0.25, -0.2) is 9.18 Å². The Balaban J connectivity index is 1.51. The van der Waals surface area contributed by atoms with E-state index in [1.807, 2.05) is 0 Å². The Kier molecular flexibility index (Phi) is 5.77. The molecule has 1 aliphatic heterocycles. The lowest BCUT2D eigenvalue weighted by molar-refractivity contribution is -0.116. The molecule has 0 atom stereocenters. The van der Waals surface area contributed by atoms with Crippen molar-refractivity contribution in [3.8, 4) is 11.5 Å². The number of fused-ring (bicyclic) bond motifs is 2. The van der Waals surface area contributed by atoms with Gasteiger partial charge in [-0.2, -0.15) is 4.98 Å². The molecule has 0 saturated carbocycles.